The third-order valence-electron chi connectivity index (χ3n) is 10.6. The van der Waals surface area contributed by atoms with Crippen molar-refractivity contribution in [2.75, 3.05) is 14.2 Å². The molecule has 14 heteroatoms. The number of carbonyl (C=O) groups excluding carboxylic acids is 2. The van der Waals surface area contributed by atoms with Gasteiger partial charge in [-0.2, -0.15) is 0 Å². The highest BCUT2D eigenvalue weighted by Gasteiger charge is 2.28. The number of aromatic amines is 1. The van der Waals surface area contributed by atoms with E-state index in [2.05, 4.69) is 46.9 Å². The highest BCUT2D eigenvalue weighted by atomic mass is 79.9. The van der Waals surface area contributed by atoms with Crippen molar-refractivity contribution in [3.63, 3.8) is 0 Å². The molecule has 4 aromatic heterocycles. The van der Waals surface area contributed by atoms with Gasteiger partial charge in [-0.1, -0.05) is 94.7 Å². The molecule has 2 aliphatic carbocycles. The summed E-state index contributed by atoms with van der Waals surface area (Å²) in [6.07, 6.45) is 11.1. The fraction of sp³-hybridized carbons (Fsp3) is 0.395. The number of hydrogen-bond donors (Lipinski definition) is 1. The summed E-state index contributed by atoms with van der Waals surface area (Å²) in [6.45, 7) is 3.97. The van der Waals surface area contributed by atoms with Gasteiger partial charge in [-0.3, -0.25) is 14.6 Å². The van der Waals surface area contributed by atoms with Gasteiger partial charge in [-0.05, 0) is 87.1 Å². The van der Waals surface area contributed by atoms with Crippen LogP contribution in [0.25, 0.3) is 44.3 Å². The minimum absolute atomic E-state index is 0.0269. The van der Waals surface area contributed by atoms with Crippen molar-refractivity contribution in [3.8, 4) is 28.1 Å². The molecular weight excluding hydrogens is 856 g/mol. The number of rotatable bonds is 8. The quantitative estimate of drug-likeness (QED) is 0.148. The Morgan fingerprint density at radius 1 is 0.702 bits per heavy atom. The first-order chi connectivity index (χ1) is 27.6. The van der Waals surface area contributed by atoms with Crippen LogP contribution in [0, 0.1) is 0 Å². The predicted molar refractivity (Wildman–Crippen MR) is 227 cm³/mol. The van der Waals surface area contributed by atoms with Crippen LogP contribution in [0.15, 0.2) is 74.4 Å². The molecule has 0 bridgehead atoms. The van der Waals surface area contributed by atoms with Crippen molar-refractivity contribution in [2.24, 2.45) is 0 Å². The average molecular weight is 903 g/mol. The monoisotopic (exact) mass is 900 g/mol. The van der Waals surface area contributed by atoms with E-state index in [0.717, 1.165) is 69.5 Å². The molecule has 8 rings (SSSR count). The second kappa shape index (κ2) is 17.8. The highest BCUT2D eigenvalue weighted by Crippen LogP contribution is 2.40. The lowest BCUT2D eigenvalue weighted by Gasteiger charge is -2.23. The summed E-state index contributed by atoms with van der Waals surface area (Å²) in [5.41, 5.74) is 4.86. The van der Waals surface area contributed by atoms with Crippen LogP contribution in [0.2, 0.25) is 0 Å². The van der Waals surface area contributed by atoms with Crippen LogP contribution in [0.3, 0.4) is 0 Å². The number of hydrogen-bond acceptors (Lipinski definition) is 9. The molecule has 0 saturated heterocycles. The number of fused-ring (bicyclic) bond motifs is 2. The van der Waals surface area contributed by atoms with E-state index < -0.39 is 11.9 Å². The summed E-state index contributed by atoms with van der Waals surface area (Å²) in [6, 6.07) is 19.5. The maximum atomic E-state index is 12.8. The van der Waals surface area contributed by atoms with Gasteiger partial charge in [0.1, 0.15) is 0 Å². The first kappa shape index (κ1) is 40.4. The van der Waals surface area contributed by atoms with E-state index in [1.807, 2.05) is 71.7 Å². The van der Waals surface area contributed by atoms with E-state index in [1.165, 1.54) is 39.9 Å². The first-order valence-electron chi connectivity index (χ1n) is 19.5. The Bertz CT molecular complexity index is 2440. The van der Waals surface area contributed by atoms with Gasteiger partial charge in [0.05, 0.1) is 43.2 Å². The number of carbonyl (C=O) groups is 2. The molecule has 0 amide bonds. The van der Waals surface area contributed by atoms with Crippen LogP contribution in [0.4, 0.5) is 0 Å². The smallest absolute Gasteiger partial charge is 0.356 e. The lowest BCUT2D eigenvalue weighted by Crippen LogP contribution is -2.16. The number of esters is 2. The van der Waals surface area contributed by atoms with Crippen LogP contribution < -0.4 is 10.3 Å². The van der Waals surface area contributed by atoms with Crippen LogP contribution >= 0.6 is 31.9 Å². The summed E-state index contributed by atoms with van der Waals surface area (Å²) in [5, 5.41) is 9.17. The predicted octanol–water partition coefficient (Wildman–Crippen LogP) is 10.4. The van der Waals surface area contributed by atoms with Gasteiger partial charge in [0.2, 0.25) is 5.88 Å². The summed E-state index contributed by atoms with van der Waals surface area (Å²) < 4.78 is 21.7. The van der Waals surface area contributed by atoms with E-state index in [1.54, 1.807) is 12.1 Å². The van der Waals surface area contributed by atoms with Gasteiger partial charge in [0.15, 0.2) is 22.7 Å². The van der Waals surface area contributed by atoms with E-state index >= 15 is 0 Å². The number of benzene rings is 2. The van der Waals surface area contributed by atoms with Crippen LogP contribution in [-0.4, -0.2) is 61.8 Å². The number of H-pyrrole nitrogens is 1. The molecule has 298 valence electrons. The van der Waals surface area contributed by atoms with Crippen molar-refractivity contribution in [2.45, 2.75) is 96.2 Å². The summed E-state index contributed by atoms with van der Waals surface area (Å²) in [5.74, 6) is -0.413. The molecule has 2 fully saturated rings. The minimum Gasteiger partial charge on any atom is -0.473 e. The molecule has 1 N–H and O–H groups in total. The Morgan fingerprint density at radius 3 is 1.67 bits per heavy atom. The number of nitrogens with zero attached hydrogens (tertiary/aromatic N) is 5. The highest BCUT2D eigenvalue weighted by molar-refractivity contribution is 9.10. The molecule has 57 heavy (non-hydrogen) atoms. The first-order valence-corrected chi connectivity index (χ1v) is 21.1. The summed E-state index contributed by atoms with van der Waals surface area (Å²) >= 11 is 6.92. The van der Waals surface area contributed by atoms with Crippen LogP contribution in [0.1, 0.15) is 111 Å². The van der Waals surface area contributed by atoms with Gasteiger partial charge in [0, 0.05) is 20.1 Å². The third-order valence-corrected chi connectivity index (χ3v) is 11.7. The molecular formula is C43H46Br2N6O6. The lowest BCUT2D eigenvalue weighted by atomic mass is 9.95. The molecule has 12 nitrogen and oxygen atoms in total. The Morgan fingerprint density at radius 2 is 1.18 bits per heavy atom. The SMILES string of the molecule is COC(=O)c1cc(-c2ccc(Br)cc2)c2c(=O)[nH]n(C3CCCCC3)c2n1.COC(=O)c1cc(-c2ccc(Br)cc2)c2c(OC(C)C)nn(C3CCCCC3)c2n1. The normalized spacial score (nSPS) is 15.1. The molecule has 0 atom stereocenters. The van der Waals surface area contributed by atoms with Gasteiger partial charge in [0.25, 0.3) is 5.56 Å². The number of aromatic nitrogens is 6. The Hall–Kier alpha value is -4.82. The Balaban J connectivity index is 0.000000175. The van der Waals surface area contributed by atoms with Gasteiger partial charge >= 0.3 is 11.9 Å². The van der Waals surface area contributed by atoms with E-state index in [0.29, 0.717) is 28.1 Å². The molecule has 0 radical (unpaired) electrons. The third kappa shape index (κ3) is 8.72. The standard InChI is InChI=1S/C23H26BrN3O3.C20H20BrN3O3/c1-14(2)30-22-20-18(15-9-11-16(24)12-10-15)13-19(23(28)29-3)25-21(20)27(26-22)17-7-5-4-6-8-17;1-27-20(26)16-11-15(12-7-9-13(21)10-8-12)17-18(22-16)24(23-19(17)25)14-5-3-2-4-6-14/h9-14,17H,4-8H2,1-3H3;7-11,14H,2-6H2,1H3,(H,23,25). The molecule has 0 spiro atoms. The fourth-order valence-electron chi connectivity index (χ4n) is 7.87. The molecule has 2 aliphatic rings. The molecule has 0 aliphatic heterocycles. The number of methoxy groups -OCH3 is 2. The molecule has 4 heterocycles. The minimum atomic E-state index is -0.515. The lowest BCUT2D eigenvalue weighted by molar-refractivity contribution is 0.0585. The summed E-state index contributed by atoms with van der Waals surface area (Å²) in [7, 11) is 2.71. The zero-order chi connectivity index (χ0) is 40.2. The van der Waals surface area contributed by atoms with Crippen molar-refractivity contribution in [1.29, 1.82) is 0 Å². The van der Waals surface area contributed by atoms with Gasteiger partial charge in [-0.25, -0.2) is 24.2 Å². The van der Waals surface area contributed by atoms with Crippen LogP contribution in [0.5, 0.6) is 5.88 Å². The zero-order valence-corrected chi connectivity index (χ0v) is 35.7. The maximum absolute atomic E-state index is 12.8. The van der Waals surface area contributed by atoms with Gasteiger partial charge in [-0.15, -0.1) is 5.10 Å². The number of nitrogens with one attached hydrogen (secondary N) is 1. The maximum Gasteiger partial charge on any atom is 0.356 e. The van der Waals surface area contributed by atoms with Gasteiger partial charge < -0.3 is 14.2 Å². The second-order valence-electron chi connectivity index (χ2n) is 14.8. The van der Waals surface area contributed by atoms with E-state index in [4.69, 9.17) is 19.3 Å². The Labute approximate surface area is 347 Å². The van der Waals surface area contributed by atoms with Crippen molar-refractivity contribution >= 4 is 65.9 Å². The second-order valence-corrected chi connectivity index (χ2v) is 16.6. The largest absolute Gasteiger partial charge is 0.473 e. The van der Waals surface area contributed by atoms with E-state index in [-0.39, 0.29) is 35.1 Å². The molecule has 2 saturated carbocycles. The zero-order valence-electron chi connectivity index (χ0n) is 32.5. The number of pyridine rings is 2. The molecule has 0 unspecified atom stereocenters. The number of halogens is 2. The molecule has 2 aromatic carbocycles. The van der Waals surface area contributed by atoms with Crippen molar-refractivity contribution in [1.82, 2.24) is 29.5 Å². The Kier molecular flexibility index (Phi) is 12.6. The average Bonchev–Trinajstić information content (AvgIpc) is 3.77. The van der Waals surface area contributed by atoms with Crippen molar-refractivity contribution in [3.05, 3.63) is 91.4 Å². The van der Waals surface area contributed by atoms with E-state index in [9.17, 15) is 14.4 Å². The number of ether oxygens (including phenoxy) is 3. The summed E-state index contributed by atoms with van der Waals surface area (Å²) in [4.78, 5) is 46.6. The molecule has 6 aromatic rings. The topological polar surface area (TPSA) is 143 Å². The fourth-order valence-corrected chi connectivity index (χ4v) is 8.40. The van der Waals surface area contributed by atoms with Crippen LogP contribution in [-0.2, 0) is 9.47 Å². The van der Waals surface area contributed by atoms with Crippen molar-refractivity contribution < 1.29 is 23.8 Å².